The van der Waals surface area contributed by atoms with Gasteiger partial charge in [0.1, 0.15) is 5.75 Å². The van der Waals surface area contributed by atoms with E-state index in [0.717, 1.165) is 55.6 Å². The standard InChI is InChI=1S/C22H34O6S/c1-2-27-18(16-22(25)26)17-29-20-13-10-9-12-19(20)28-15-11-7-5-3-4-6-8-14-21(23)24/h9-10,12-13,18H,2-8,11,14-17H2,1H3,(H,23,24)(H,25,26). The van der Waals surface area contributed by atoms with Crippen LogP contribution in [0.1, 0.15) is 64.7 Å². The minimum atomic E-state index is -0.851. The summed E-state index contributed by atoms with van der Waals surface area (Å²) < 4.78 is 11.5. The second kappa shape index (κ2) is 16.1. The average molecular weight is 427 g/mol. The number of thioether (sulfide) groups is 1. The number of benzene rings is 1. The summed E-state index contributed by atoms with van der Waals surface area (Å²) in [6.07, 6.45) is 7.14. The molecule has 2 N–H and O–H groups in total. The highest BCUT2D eigenvalue weighted by Gasteiger charge is 2.15. The molecule has 1 atom stereocenters. The number of para-hydroxylation sites is 1. The molecule has 0 heterocycles. The van der Waals surface area contributed by atoms with Gasteiger partial charge < -0.3 is 19.7 Å². The lowest BCUT2D eigenvalue weighted by atomic mass is 10.1. The predicted octanol–water partition coefficient (Wildman–Crippen LogP) is 5.24. The van der Waals surface area contributed by atoms with Crippen LogP contribution < -0.4 is 4.74 Å². The molecule has 0 aromatic heterocycles. The lowest BCUT2D eigenvalue weighted by molar-refractivity contribution is -0.140. The van der Waals surface area contributed by atoms with Crippen LogP contribution in [0, 0.1) is 0 Å². The molecule has 7 heteroatoms. The third kappa shape index (κ3) is 13.2. The molecule has 1 rings (SSSR count). The number of unbranched alkanes of at least 4 members (excludes halogenated alkanes) is 6. The average Bonchev–Trinajstić information content (AvgIpc) is 2.68. The molecule has 0 radical (unpaired) electrons. The Hall–Kier alpha value is -1.73. The monoisotopic (exact) mass is 426 g/mol. The van der Waals surface area contributed by atoms with Gasteiger partial charge in [0.05, 0.1) is 19.1 Å². The number of hydrogen-bond donors (Lipinski definition) is 2. The van der Waals surface area contributed by atoms with E-state index < -0.39 is 11.9 Å². The Morgan fingerprint density at radius 3 is 2.28 bits per heavy atom. The number of carboxylic acid groups (broad SMARTS) is 2. The van der Waals surface area contributed by atoms with Crippen molar-refractivity contribution in [2.75, 3.05) is 19.0 Å². The van der Waals surface area contributed by atoms with E-state index in [4.69, 9.17) is 19.7 Å². The van der Waals surface area contributed by atoms with E-state index in [1.165, 1.54) is 0 Å². The summed E-state index contributed by atoms with van der Waals surface area (Å²) in [5.74, 6) is -0.161. The number of carbonyl (C=O) groups is 2. The van der Waals surface area contributed by atoms with E-state index in [1.807, 2.05) is 31.2 Å². The molecule has 1 unspecified atom stereocenters. The molecule has 0 saturated carbocycles. The van der Waals surface area contributed by atoms with E-state index in [1.54, 1.807) is 11.8 Å². The zero-order chi connectivity index (χ0) is 21.3. The quantitative estimate of drug-likeness (QED) is 0.245. The van der Waals surface area contributed by atoms with Crippen LogP contribution in [0.15, 0.2) is 29.2 Å². The van der Waals surface area contributed by atoms with Gasteiger partial charge in [-0.3, -0.25) is 9.59 Å². The molecular formula is C22H34O6S. The Labute approximate surface area is 178 Å². The first-order valence-corrected chi connectivity index (χ1v) is 11.4. The number of carboxylic acids is 2. The first-order valence-electron chi connectivity index (χ1n) is 10.4. The lowest BCUT2D eigenvalue weighted by Gasteiger charge is -2.16. The van der Waals surface area contributed by atoms with E-state index in [-0.39, 0.29) is 18.9 Å². The van der Waals surface area contributed by atoms with E-state index in [0.29, 0.717) is 19.0 Å². The number of aliphatic carboxylic acids is 2. The smallest absolute Gasteiger partial charge is 0.306 e. The summed E-state index contributed by atoms with van der Waals surface area (Å²) in [4.78, 5) is 22.4. The maximum atomic E-state index is 11.0. The van der Waals surface area contributed by atoms with Crippen molar-refractivity contribution >= 4 is 23.7 Å². The van der Waals surface area contributed by atoms with Gasteiger partial charge in [0, 0.05) is 23.7 Å². The van der Waals surface area contributed by atoms with Gasteiger partial charge in [-0.05, 0) is 31.9 Å². The molecule has 1 aromatic rings. The zero-order valence-corrected chi connectivity index (χ0v) is 18.1. The van der Waals surface area contributed by atoms with Gasteiger partial charge in [-0.15, -0.1) is 11.8 Å². The molecule has 0 fully saturated rings. The maximum Gasteiger partial charge on any atom is 0.306 e. The molecule has 0 aliphatic rings. The Kier molecular flexibility index (Phi) is 14.1. The van der Waals surface area contributed by atoms with Crippen LogP contribution in [0.3, 0.4) is 0 Å². The van der Waals surface area contributed by atoms with Crippen molar-refractivity contribution in [3.8, 4) is 5.75 Å². The van der Waals surface area contributed by atoms with Crippen LogP contribution in [-0.2, 0) is 14.3 Å². The second-order valence-electron chi connectivity index (χ2n) is 6.90. The second-order valence-corrected chi connectivity index (χ2v) is 7.96. The molecule has 0 bridgehead atoms. The normalized spacial score (nSPS) is 11.9. The fourth-order valence-corrected chi connectivity index (χ4v) is 3.94. The van der Waals surface area contributed by atoms with Crippen LogP contribution >= 0.6 is 11.8 Å². The molecule has 29 heavy (non-hydrogen) atoms. The molecule has 164 valence electrons. The summed E-state index contributed by atoms with van der Waals surface area (Å²) in [5, 5.41) is 17.6. The van der Waals surface area contributed by atoms with Gasteiger partial charge >= 0.3 is 11.9 Å². The zero-order valence-electron chi connectivity index (χ0n) is 17.3. The third-order valence-electron chi connectivity index (χ3n) is 4.37. The minimum Gasteiger partial charge on any atom is -0.492 e. The minimum absolute atomic E-state index is 0.000170. The number of hydrogen-bond acceptors (Lipinski definition) is 5. The molecule has 0 saturated heterocycles. The summed E-state index contributed by atoms with van der Waals surface area (Å²) in [6.45, 7) is 3.02. The van der Waals surface area contributed by atoms with E-state index in [2.05, 4.69) is 0 Å². The topological polar surface area (TPSA) is 93.1 Å². The summed E-state index contributed by atoms with van der Waals surface area (Å²) in [6, 6.07) is 7.82. The van der Waals surface area contributed by atoms with Crippen LogP contribution in [0.2, 0.25) is 0 Å². The number of ether oxygens (including phenoxy) is 2. The predicted molar refractivity (Wildman–Crippen MR) is 115 cm³/mol. The van der Waals surface area contributed by atoms with Crippen molar-refractivity contribution < 1.29 is 29.3 Å². The Bertz CT molecular complexity index is 592. The largest absolute Gasteiger partial charge is 0.492 e. The highest BCUT2D eigenvalue weighted by atomic mass is 32.2. The van der Waals surface area contributed by atoms with Crippen LogP contribution in [0.4, 0.5) is 0 Å². The van der Waals surface area contributed by atoms with Crippen LogP contribution in [0.25, 0.3) is 0 Å². The highest BCUT2D eigenvalue weighted by molar-refractivity contribution is 7.99. The molecule has 0 aliphatic carbocycles. The molecule has 0 amide bonds. The van der Waals surface area contributed by atoms with E-state index >= 15 is 0 Å². The Morgan fingerprint density at radius 2 is 1.62 bits per heavy atom. The summed E-state index contributed by atoms with van der Waals surface area (Å²) in [7, 11) is 0. The molecular weight excluding hydrogens is 392 g/mol. The van der Waals surface area contributed by atoms with Crippen molar-refractivity contribution in [2.45, 2.75) is 75.7 Å². The van der Waals surface area contributed by atoms with Crippen LogP contribution in [-0.4, -0.2) is 47.2 Å². The SMILES string of the molecule is CCOC(CSc1ccccc1OCCCCCCCCCC(=O)O)CC(=O)O. The van der Waals surface area contributed by atoms with Gasteiger partial charge in [-0.25, -0.2) is 0 Å². The Morgan fingerprint density at radius 1 is 0.966 bits per heavy atom. The highest BCUT2D eigenvalue weighted by Crippen LogP contribution is 2.30. The van der Waals surface area contributed by atoms with Gasteiger partial charge in [-0.1, -0.05) is 44.2 Å². The molecule has 6 nitrogen and oxygen atoms in total. The van der Waals surface area contributed by atoms with Crippen molar-refractivity contribution in [3.63, 3.8) is 0 Å². The van der Waals surface area contributed by atoms with E-state index in [9.17, 15) is 9.59 Å². The van der Waals surface area contributed by atoms with Crippen molar-refractivity contribution in [3.05, 3.63) is 24.3 Å². The lowest BCUT2D eigenvalue weighted by Crippen LogP contribution is -2.20. The molecule has 0 aliphatic heterocycles. The maximum absolute atomic E-state index is 11.0. The van der Waals surface area contributed by atoms with Crippen LogP contribution in [0.5, 0.6) is 5.75 Å². The summed E-state index contributed by atoms with van der Waals surface area (Å²) in [5.41, 5.74) is 0. The Balaban J connectivity index is 2.25. The van der Waals surface area contributed by atoms with Gasteiger partial charge in [0.25, 0.3) is 0 Å². The third-order valence-corrected chi connectivity index (χ3v) is 5.56. The van der Waals surface area contributed by atoms with Gasteiger partial charge in [0.2, 0.25) is 0 Å². The molecule has 0 spiro atoms. The fraction of sp³-hybridized carbons (Fsp3) is 0.636. The van der Waals surface area contributed by atoms with Crippen molar-refractivity contribution in [2.24, 2.45) is 0 Å². The molecule has 1 aromatic carbocycles. The first kappa shape index (κ1) is 25.3. The summed E-state index contributed by atoms with van der Waals surface area (Å²) >= 11 is 1.56. The van der Waals surface area contributed by atoms with Gasteiger partial charge in [-0.2, -0.15) is 0 Å². The van der Waals surface area contributed by atoms with Crippen molar-refractivity contribution in [1.82, 2.24) is 0 Å². The van der Waals surface area contributed by atoms with Crippen molar-refractivity contribution in [1.29, 1.82) is 0 Å². The first-order chi connectivity index (χ1) is 14.0. The number of rotatable bonds is 18. The fourth-order valence-electron chi connectivity index (χ4n) is 2.91. The van der Waals surface area contributed by atoms with Gasteiger partial charge in [0.15, 0.2) is 0 Å².